The zero-order chi connectivity index (χ0) is 34.2. The van der Waals surface area contributed by atoms with Crippen molar-refractivity contribution in [2.75, 3.05) is 0 Å². The minimum Gasteiger partial charge on any atom is -0.508 e. The molecular weight excluding hydrogens is 544 g/mol. The molecule has 3 aromatic carbocycles. The monoisotopic (exact) mass is 604 g/mol. The van der Waals surface area contributed by atoms with Gasteiger partial charge in [-0.3, -0.25) is 0 Å². The van der Waals surface area contributed by atoms with Gasteiger partial charge in [0.2, 0.25) is 0 Å². The average molecular weight is 605 g/mol. The number of rotatable bonds is 4. The van der Waals surface area contributed by atoms with Crippen LogP contribution in [-0.2, 0) is 21.7 Å². The number of phenols is 4. The molecule has 0 saturated heterocycles. The Morgan fingerprint density at radius 2 is 0.705 bits per heavy atom. The van der Waals surface area contributed by atoms with E-state index in [9.17, 15) is 20.4 Å². The lowest BCUT2D eigenvalue weighted by molar-refractivity contribution is 0.419. The first kappa shape index (κ1) is 37.0. The standard InChI is InChI=1S/C26H38O2.C14H22O2/c1-10-11-18(19-14-21(25(4,5)6)23(27)12-16(19)2)20-15-22(26(7,8)9)24(28)13-17(20)3;1-13(2,3)9-7-12(16)10(8-11(9)15)14(4,5)6/h12-15,18,27-28H,10-11H2,1-9H3;7-8,15-16H,1-6H3. The quantitative estimate of drug-likeness (QED) is 0.223. The molecule has 0 radical (unpaired) electrons. The molecule has 0 unspecified atom stereocenters. The molecule has 3 rings (SSSR count). The highest BCUT2D eigenvalue weighted by molar-refractivity contribution is 5.53. The van der Waals surface area contributed by atoms with Crippen molar-refractivity contribution < 1.29 is 20.4 Å². The van der Waals surface area contributed by atoms with Crippen molar-refractivity contribution in [1.82, 2.24) is 0 Å². The van der Waals surface area contributed by atoms with Crippen LogP contribution in [0, 0.1) is 13.8 Å². The van der Waals surface area contributed by atoms with Gasteiger partial charge >= 0.3 is 0 Å². The Bertz CT molecular complexity index is 1340. The van der Waals surface area contributed by atoms with Crippen LogP contribution in [0.15, 0.2) is 36.4 Å². The van der Waals surface area contributed by atoms with E-state index in [4.69, 9.17) is 0 Å². The second-order valence-corrected chi connectivity index (χ2v) is 16.7. The number of hydrogen-bond donors (Lipinski definition) is 4. The summed E-state index contributed by atoms with van der Waals surface area (Å²) in [6.45, 7) is 31.3. The maximum absolute atomic E-state index is 10.5. The van der Waals surface area contributed by atoms with E-state index in [0.717, 1.165) is 46.2 Å². The molecule has 4 N–H and O–H groups in total. The van der Waals surface area contributed by atoms with Gasteiger partial charge in [-0.25, -0.2) is 0 Å². The third-order valence-electron chi connectivity index (χ3n) is 8.44. The van der Waals surface area contributed by atoms with Crippen molar-refractivity contribution in [1.29, 1.82) is 0 Å². The maximum Gasteiger partial charge on any atom is 0.119 e. The summed E-state index contributed by atoms with van der Waals surface area (Å²) in [6, 6.07) is 11.6. The maximum atomic E-state index is 10.5. The Balaban J connectivity index is 0.000000358. The molecule has 4 nitrogen and oxygen atoms in total. The zero-order valence-corrected chi connectivity index (χ0v) is 30.2. The fraction of sp³-hybridized carbons (Fsp3) is 0.550. The predicted octanol–water partition coefficient (Wildman–Crippen LogP) is 10.9. The first-order chi connectivity index (χ1) is 19.8. The summed E-state index contributed by atoms with van der Waals surface area (Å²) in [7, 11) is 0. The number of phenolic OH excluding ortho intramolecular Hbond substituents is 4. The van der Waals surface area contributed by atoms with Crippen molar-refractivity contribution in [3.63, 3.8) is 0 Å². The minimum atomic E-state index is -0.169. The topological polar surface area (TPSA) is 80.9 Å². The second kappa shape index (κ2) is 13.1. The SMILES string of the molecule is CC(C)(C)c1cc(O)c(C(C)(C)C)cc1O.CCCC(c1cc(C(C)(C)C)c(O)cc1C)c1cc(C(C)(C)C)c(O)cc1C. The molecule has 0 aliphatic carbocycles. The molecule has 0 spiro atoms. The van der Waals surface area contributed by atoms with Crippen molar-refractivity contribution in [2.24, 2.45) is 0 Å². The van der Waals surface area contributed by atoms with Crippen LogP contribution in [0.1, 0.15) is 153 Å². The molecule has 4 heteroatoms. The zero-order valence-electron chi connectivity index (χ0n) is 30.2. The lowest BCUT2D eigenvalue weighted by Gasteiger charge is -2.29. The van der Waals surface area contributed by atoms with E-state index in [1.165, 1.54) is 11.1 Å². The van der Waals surface area contributed by atoms with Gasteiger partial charge in [0.1, 0.15) is 23.0 Å². The first-order valence-corrected chi connectivity index (χ1v) is 16.1. The van der Waals surface area contributed by atoms with Crippen LogP contribution in [-0.4, -0.2) is 20.4 Å². The highest BCUT2D eigenvalue weighted by Gasteiger charge is 2.27. The number of benzene rings is 3. The summed E-state index contributed by atoms with van der Waals surface area (Å²) in [5.41, 5.74) is 7.74. The fourth-order valence-electron chi connectivity index (χ4n) is 5.92. The molecule has 0 fully saturated rings. The molecule has 0 aliphatic rings. The molecule has 0 saturated carbocycles. The largest absolute Gasteiger partial charge is 0.508 e. The van der Waals surface area contributed by atoms with Crippen molar-refractivity contribution in [3.05, 3.63) is 80.9 Å². The lowest BCUT2D eigenvalue weighted by atomic mass is 9.76. The highest BCUT2D eigenvalue weighted by atomic mass is 16.3. The predicted molar refractivity (Wildman–Crippen MR) is 187 cm³/mol. The number of hydrogen-bond acceptors (Lipinski definition) is 4. The summed E-state index contributed by atoms with van der Waals surface area (Å²) in [4.78, 5) is 0. The Morgan fingerprint density at radius 1 is 0.455 bits per heavy atom. The summed E-state index contributed by atoms with van der Waals surface area (Å²) >= 11 is 0. The van der Waals surface area contributed by atoms with Gasteiger partial charge in [-0.1, -0.05) is 109 Å². The van der Waals surface area contributed by atoms with E-state index in [1.807, 2.05) is 53.7 Å². The third-order valence-corrected chi connectivity index (χ3v) is 8.44. The van der Waals surface area contributed by atoms with Gasteiger partial charge in [-0.15, -0.1) is 0 Å². The summed E-state index contributed by atoms with van der Waals surface area (Å²) in [6.07, 6.45) is 2.10. The fourth-order valence-corrected chi connectivity index (χ4v) is 5.92. The first-order valence-electron chi connectivity index (χ1n) is 16.1. The Labute approximate surface area is 268 Å². The number of aryl methyl sites for hydroxylation is 2. The lowest BCUT2D eigenvalue weighted by Crippen LogP contribution is -2.16. The van der Waals surface area contributed by atoms with Gasteiger partial charge in [0.25, 0.3) is 0 Å². The van der Waals surface area contributed by atoms with Crippen molar-refractivity contribution in [3.8, 4) is 23.0 Å². The second-order valence-electron chi connectivity index (χ2n) is 16.7. The third kappa shape index (κ3) is 8.73. The Kier molecular flexibility index (Phi) is 11.0. The molecule has 0 aromatic heterocycles. The smallest absolute Gasteiger partial charge is 0.119 e. The van der Waals surface area contributed by atoms with Gasteiger partial charge in [-0.2, -0.15) is 0 Å². The van der Waals surface area contributed by atoms with Crippen LogP contribution in [0.25, 0.3) is 0 Å². The molecule has 244 valence electrons. The number of aromatic hydroxyl groups is 4. The molecule has 0 heterocycles. The van der Waals surface area contributed by atoms with Gasteiger partial charge in [0.15, 0.2) is 0 Å². The summed E-state index contributed by atoms with van der Waals surface area (Å²) in [5.74, 6) is 1.52. The van der Waals surface area contributed by atoms with Crippen LogP contribution in [0.5, 0.6) is 23.0 Å². The van der Waals surface area contributed by atoms with E-state index >= 15 is 0 Å². The van der Waals surface area contributed by atoms with E-state index in [2.05, 4.69) is 74.4 Å². The molecule has 44 heavy (non-hydrogen) atoms. The summed E-state index contributed by atoms with van der Waals surface area (Å²) in [5, 5.41) is 41.1. The Morgan fingerprint density at radius 3 is 0.955 bits per heavy atom. The van der Waals surface area contributed by atoms with Gasteiger partial charge in [0, 0.05) is 17.0 Å². The van der Waals surface area contributed by atoms with E-state index < -0.39 is 0 Å². The molecule has 0 atom stereocenters. The van der Waals surface area contributed by atoms with E-state index in [-0.39, 0.29) is 39.1 Å². The molecule has 0 bridgehead atoms. The molecule has 0 amide bonds. The van der Waals surface area contributed by atoms with Crippen LogP contribution in [0.2, 0.25) is 0 Å². The molecule has 3 aromatic rings. The highest BCUT2D eigenvalue weighted by Crippen LogP contribution is 2.43. The van der Waals surface area contributed by atoms with Crippen LogP contribution in [0.4, 0.5) is 0 Å². The molecule has 0 aliphatic heterocycles. The van der Waals surface area contributed by atoms with E-state index in [1.54, 1.807) is 12.1 Å². The van der Waals surface area contributed by atoms with Gasteiger partial charge in [0.05, 0.1) is 0 Å². The van der Waals surface area contributed by atoms with Crippen molar-refractivity contribution >= 4 is 0 Å². The average Bonchev–Trinajstić information content (AvgIpc) is 2.82. The summed E-state index contributed by atoms with van der Waals surface area (Å²) < 4.78 is 0. The van der Waals surface area contributed by atoms with Crippen molar-refractivity contribution in [2.45, 2.75) is 144 Å². The normalized spacial score (nSPS) is 12.7. The van der Waals surface area contributed by atoms with Gasteiger partial charge in [-0.05, 0) is 99.6 Å². The molecular formula is C40H60O4. The van der Waals surface area contributed by atoms with Crippen LogP contribution >= 0.6 is 0 Å². The minimum absolute atomic E-state index is 0.121. The van der Waals surface area contributed by atoms with Crippen LogP contribution in [0.3, 0.4) is 0 Å². The van der Waals surface area contributed by atoms with E-state index in [0.29, 0.717) is 11.5 Å². The van der Waals surface area contributed by atoms with Gasteiger partial charge < -0.3 is 20.4 Å². The Hall–Kier alpha value is -3.14. The van der Waals surface area contributed by atoms with Crippen LogP contribution < -0.4 is 0 Å².